The van der Waals surface area contributed by atoms with Crippen molar-refractivity contribution in [2.75, 3.05) is 11.9 Å². The predicted octanol–water partition coefficient (Wildman–Crippen LogP) is 3.10. The first-order valence-corrected chi connectivity index (χ1v) is 6.90. The maximum Gasteiger partial charge on any atom is 0.267 e. The lowest BCUT2D eigenvalue weighted by molar-refractivity contribution is 0.103. The first-order valence-electron chi connectivity index (χ1n) is 5.64. The molecule has 0 bridgehead atoms. The van der Waals surface area contributed by atoms with Gasteiger partial charge >= 0.3 is 0 Å². The van der Waals surface area contributed by atoms with Gasteiger partial charge in [0.1, 0.15) is 10.7 Å². The number of halogens is 2. The summed E-state index contributed by atoms with van der Waals surface area (Å²) in [5.74, 6) is 4.35. The van der Waals surface area contributed by atoms with E-state index in [0.29, 0.717) is 15.5 Å². The fourth-order valence-corrected chi connectivity index (χ4v) is 2.52. The minimum atomic E-state index is -0.560. The van der Waals surface area contributed by atoms with E-state index in [1.54, 1.807) is 17.5 Å². The van der Waals surface area contributed by atoms with Gasteiger partial charge in [-0.25, -0.2) is 4.39 Å². The molecule has 102 valence electrons. The molecule has 0 atom stereocenters. The van der Waals surface area contributed by atoms with Gasteiger partial charge < -0.3 is 11.1 Å². The van der Waals surface area contributed by atoms with Gasteiger partial charge in [-0.3, -0.25) is 4.79 Å². The molecule has 1 heterocycles. The maximum atomic E-state index is 13.8. The third kappa shape index (κ3) is 3.36. The fourth-order valence-electron chi connectivity index (χ4n) is 1.48. The van der Waals surface area contributed by atoms with Crippen LogP contribution in [0.4, 0.5) is 10.1 Å². The number of thiophene rings is 1. The highest BCUT2D eigenvalue weighted by Gasteiger charge is 2.14. The Kier molecular flexibility index (Phi) is 4.74. The Bertz CT molecular complexity index is 703. The third-order valence-corrected chi connectivity index (χ3v) is 3.72. The van der Waals surface area contributed by atoms with Crippen LogP contribution in [0.15, 0.2) is 29.6 Å². The van der Waals surface area contributed by atoms with Crippen molar-refractivity contribution < 1.29 is 9.18 Å². The second kappa shape index (κ2) is 6.53. The van der Waals surface area contributed by atoms with Gasteiger partial charge in [-0.15, -0.1) is 11.3 Å². The molecule has 1 aromatic heterocycles. The van der Waals surface area contributed by atoms with E-state index in [1.165, 1.54) is 23.5 Å². The summed E-state index contributed by atoms with van der Waals surface area (Å²) >= 11 is 7.04. The molecule has 0 saturated carbocycles. The van der Waals surface area contributed by atoms with Gasteiger partial charge in [0.2, 0.25) is 0 Å². The Morgan fingerprint density at radius 1 is 1.45 bits per heavy atom. The summed E-state index contributed by atoms with van der Waals surface area (Å²) < 4.78 is 13.8. The van der Waals surface area contributed by atoms with Crippen molar-refractivity contribution in [2.24, 2.45) is 5.73 Å². The summed E-state index contributed by atoms with van der Waals surface area (Å²) in [6.45, 7) is 0.205. The van der Waals surface area contributed by atoms with Crippen LogP contribution in [0, 0.1) is 17.7 Å². The molecular weight excluding hydrogens is 299 g/mol. The minimum absolute atomic E-state index is 0.0813. The number of anilines is 1. The minimum Gasteiger partial charge on any atom is -0.320 e. The largest absolute Gasteiger partial charge is 0.320 e. The summed E-state index contributed by atoms with van der Waals surface area (Å²) in [7, 11) is 0. The average molecular weight is 309 g/mol. The Morgan fingerprint density at radius 3 is 2.85 bits per heavy atom. The van der Waals surface area contributed by atoms with Crippen LogP contribution in [0.3, 0.4) is 0 Å². The van der Waals surface area contributed by atoms with Crippen LogP contribution in [0.5, 0.6) is 0 Å². The SMILES string of the molecule is NCC#Cc1ccc(NC(=O)c2sccc2Cl)c(F)c1. The Morgan fingerprint density at radius 2 is 2.25 bits per heavy atom. The van der Waals surface area contributed by atoms with E-state index in [4.69, 9.17) is 17.3 Å². The van der Waals surface area contributed by atoms with Gasteiger partial charge in [0.25, 0.3) is 5.91 Å². The highest BCUT2D eigenvalue weighted by Crippen LogP contribution is 2.24. The van der Waals surface area contributed by atoms with Gasteiger partial charge in [-0.2, -0.15) is 0 Å². The molecule has 1 aromatic carbocycles. The highest BCUT2D eigenvalue weighted by atomic mass is 35.5. The van der Waals surface area contributed by atoms with Crippen LogP contribution < -0.4 is 11.1 Å². The van der Waals surface area contributed by atoms with Crippen LogP contribution in [0.2, 0.25) is 5.02 Å². The molecule has 6 heteroatoms. The lowest BCUT2D eigenvalue weighted by atomic mass is 10.2. The molecular formula is C14H10ClFN2OS. The smallest absolute Gasteiger partial charge is 0.267 e. The van der Waals surface area contributed by atoms with Gasteiger partial charge in [0.05, 0.1) is 17.3 Å². The molecule has 0 unspecified atom stereocenters. The Hall–Kier alpha value is -1.87. The summed E-state index contributed by atoms with van der Waals surface area (Å²) in [4.78, 5) is 12.3. The maximum absolute atomic E-state index is 13.8. The van der Waals surface area contributed by atoms with Gasteiger partial charge in [0.15, 0.2) is 0 Å². The van der Waals surface area contributed by atoms with Gasteiger partial charge in [-0.1, -0.05) is 23.4 Å². The van der Waals surface area contributed by atoms with Crippen LogP contribution in [0.25, 0.3) is 0 Å². The predicted molar refractivity (Wildman–Crippen MR) is 79.6 cm³/mol. The zero-order valence-electron chi connectivity index (χ0n) is 10.2. The summed E-state index contributed by atoms with van der Waals surface area (Å²) in [6, 6.07) is 5.92. The number of rotatable bonds is 2. The summed E-state index contributed by atoms with van der Waals surface area (Å²) in [5, 5.41) is 4.52. The molecule has 2 aromatic rings. The van der Waals surface area contributed by atoms with E-state index < -0.39 is 11.7 Å². The van der Waals surface area contributed by atoms with E-state index in [-0.39, 0.29) is 12.2 Å². The molecule has 0 aliphatic heterocycles. The van der Waals surface area contributed by atoms with Crippen molar-refractivity contribution in [3.63, 3.8) is 0 Å². The second-order valence-electron chi connectivity index (χ2n) is 3.75. The molecule has 0 spiro atoms. The van der Waals surface area contributed by atoms with Crippen LogP contribution >= 0.6 is 22.9 Å². The monoisotopic (exact) mass is 308 g/mol. The molecule has 3 nitrogen and oxygen atoms in total. The first kappa shape index (κ1) is 14.5. The van der Waals surface area contributed by atoms with E-state index in [2.05, 4.69) is 17.2 Å². The van der Waals surface area contributed by atoms with E-state index in [0.717, 1.165) is 0 Å². The standard InChI is InChI=1S/C14H10ClFN2OS/c15-10-5-7-20-13(10)14(19)18-12-4-3-9(2-1-6-17)8-11(12)16/h3-5,7-8H,6,17H2,(H,18,19). The molecule has 0 fully saturated rings. The van der Waals surface area contributed by atoms with E-state index in [9.17, 15) is 9.18 Å². The van der Waals surface area contributed by atoms with Gasteiger partial charge in [-0.05, 0) is 29.6 Å². The van der Waals surface area contributed by atoms with Crippen molar-refractivity contribution in [1.29, 1.82) is 0 Å². The second-order valence-corrected chi connectivity index (χ2v) is 5.08. The Labute approximate surface area is 124 Å². The number of hydrogen-bond acceptors (Lipinski definition) is 3. The number of benzene rings is 1. The van der Waals surface area contributed by atoms with E-state index >= 15 is 0 Å². The summed E-state index contributed by atoms with van der Waals surface area (Å²) in [5.41, 5.74) is 5.82. The number of carbonyl (C=O) groups excluding carboxylic acids is 1. The fraction of sp³-hybridized carbons (Fsp3) is 0.0714. The van der Waals surface area contributed by atoms with Crippen molar-refractivity contribution in [3.8, 4) is 11.8 Å². The van der Waals surface area contributed by atoms with Crippen molar-refractivity contribution in [1.82, 2.24) is 0 Å². The first-order chi connectivity index (χ1) is 9.61. The van der Waals surface area contributed by atoms with Crippen molar-refractivity contribution in [2.45, 2.75) is 0 Å². The quantitative estimate of drug-likeness (QED) is 0.838. The number of carbonyl (C=O) groups is 1. The third-order valence-electron chi connectivity index (χ3n) is 2.38. The molecule has 3 N–H and O–H groups in total. The average Bonchev–Trinajstić information content (AvgIpc) is 2.85. The molecule has 20 heavy (non-hydrogen) atoms. The molecule has 0 aliphatic rings. The number of amides is 1. The highest BCUT2D eigenvalue weighted by molar-refractivity contribution is 7.12. The normalized spacial score (nSPS) is 9.75. The van der Waals surface area contributed by atoms with Crippen LogP contribution in [-0.4, -0.2) is 12.5 Å². The number of nitrogens with one attached hydrogen (secondary N) is 1. The molecule has 0 aliphatic carbocycles. The lowest BCUT2D eigenvalue weighted by Gasteiger charge is -2.05. The van der Waals surface area contributed by atoms with Crippen LogP contribution in [0.1, 0.15) is 15.2 Å². The molecule has 2 rings (SSSR count). The number of nitrogens with two attached hydrogens (primary N) is 1. The number of hydrogen-bond donors (Lipinski definition) is 2. The van der Waals surface area contributed by atoms with Crippen molar-refractivity contribution >= 4 is 34.5 Å². The molecule has 1 amide bonds. The van der Waals surface area contributed by atoms with E-state index in [1.807, 2.05) is 0 Å². The zero-order chi connectivity index (χ0) is 14.5. The topological polar surface area (TPSA) is 55.1 Å². The van der Waals surface area contributed by atoms with Crippen LogP contribution in [-0.2, 0) is 0 Å². The molecule has 0 radical (unpaired) electrons. The lowest BCUT2D eigenvalue weighted by Crippen LogP contribution is -2.11. The van der Waals surface area contributed by atoms with Gasteiger partial charge in [0, 0.05) is 5.56 Å². The zero-order valence-corrected chi connectivity index (χ0v) is 11.8. The van der Waals surface area contributed by atoms with Crippen molar-refractivity contribution in [3.05, 3.63) is 50.9 Å². The summed E-state index contributed by atoms with van der Waals surface area (Å²) in [6.07, 6.45) is 0. The molecule has 0 saturated heterocycles. The Balaban J connectivity index is 2.18.